The predicted octanol–water partition coefficient (Wildman–Crippen LogP) is 3.05. The summed E-state index contributed by atoms with van der Waals surface area (Å²) in [6, 6.07) is 6.22. The molecule has 5 heteroatoms. The molecule has 150 valence electrons. The highest BCUT2D eigenvalue weighted by atomic mass is 16.2. The lowest BCUT2D eigenvalue weighted by Crippen LogP contribution is -2.51. The van der Waals surface area contributed by atoms with Crippen molar-refractivity contribution >= 4 is 11.8 Å². The maximum atomic E-state index is 12.6. The third-order valence-electron chi connectivity index (χ3n) is 5.35. The standard InChI is InChI=1S/C22H35N3O2/c1-14(2)20(25(5)6)22(27)24-19-9-7-18(8-10-19)23-21(26)17-12-15(3)11-16(4)13-17/h11-14,18-20H,7-10H2,1-6H3,(H,23,26)(H,24,27). The van der Waals surface area contributed by atoms with Gasteiger partial charge in [-0.05, 0) is 71.7 Å². The molecule has 1 aromatic carbocycles. The van der Waals surface area contributed by atoms with E-state index in [0.29, 0.717) is 0 Å². The van der Waals surface area contributed by atoms with Gasteiger partial charge in [-0.1, -0.05) is 31.0 Å². The van der Waals surface area contributed by atoms with Crippen molar-refractivity contribution in [1.29, 1.82) is 0 Å². The molecule has 2 rings (SSSR count). The van der Waals surface area contributed by atoms with E-state index in [9.17, 15) is 9.59 Å². The van der Waals surface area contributed by atoms with E-state index in [4.69, 9.17) is 0 Å². The van der Waals surface area contributed by atoms with Crippen LogP contribution in [0.2, 0.25) is 0 Å². The number of hydrogen-bond acceptors (Lipinski definition) is 3. The van der Waals surface area contributed by atoms with E-state index in [1.54, 1.807) is 0 Å². The highest BCUT2D eigenvalue weighted by Crippen LogP contribution is 2.20. The third-order valence-corrected chi connectivity index (χ3v) is 5.35. The second-order valence-corrected chi connectivity index (χ2v) is 8.56. The van der Waals surface area contributed by atoms with Crippen molar-refractivity contribution in [3.63, 3.8) is 0 Å². The Kier molecular flexibility index (Phi) is 7.42. The van der Waals surface area contributed by atoms with Gasteiger partial charge in [-0.2, -0.15) is 0 Å². The normalized spacial score (nSPS) is 21.2. The fraction of sp³-hybridized carbons (Fsp3) is 0.636. The average molecular weight is 374 g/mol. The molecule has 0 radical (unpaired) electrons. The Morgan fingerprint density at radius 1 is 0.926 bits per heavy atom. The topological polar surface area (TPSA) is 61.4 Å². The van der Waals surface area contributed by atoms with Crippen LogP contribution in [0, 0.1) is 19.8 Å². The van der Waals surface area contributed by atoms with Gasteiger partial charge in [-0.15, -0.1) is 0 Å². The number of nitrogens with zero attached hydrogens (tertiary/aromatic N) is 1. The number of carbonyl (C=O) groups excluding carboxylic acids is 2. The molecular weight excluding hydrogens is 338 g/mol. The van der Waals surface area contributed by atoms with Crippen molar-refractivity contribution in [3.05, 3.63) is 34.9 Å². The summed E-state index contributed by atoms with van der Waals surface area (Å²) in [6.45, 7) is 8.17. The Hall–Kier alpha value is -1.88. The summed E-state index contributed by atoms with van der Waals surface area (Å²) in [7, 11) is 3.90. The van der Waals surface area contributed by atoms with Crippen LogP contribution in [0.5, 0.6) is 0 Å². The second-order valence-electron chi connectivity index (χ2n) is 8.56. The molecule has 1 aliphatic rings. The average Bonchev–Trinajstić information content (AvgIpc) is 2.55. The fourth-order valence-corrected chi connectivity index (χ4v) is 4.18. The van der Waals surface area contributed by atoms with Crippen LogP contribution in [0.15, 0.2) is 18.2 Å². The Morgan fingerprint density at radius 2 is 1.41 bits per heavy atom. The van der Waals surface area contributed by atoms with Crippen LogP contribution in [-0.2, 0) is 4.79 Å². The molecule has 0 aromatic heterocycles. The zero-order chi connectivity index (χ0) is 20.1. The van der Waals surface area contributed by atoms with Crippen molar-refractivity contribution in [1.82, 2.24) is 15.5 Å². The monoisotopic (exact) mass is 373 g/mol. The zero-order valence-corrected chi connectivity index (χ0v) is 17.6. The van der Waals surface area contributed by atoms with Gasteiger partial charge < -0.3 is 10.6 Å². The highest BCUT2D eigenvalue weighted by molar-refractivity contribution is 5.94. The molecule has 1 aromatic rings. The quantitative estimate of drug-likeness (QED) is 0.806. The van der Waals surface area contributed by atoms with Crippen LogP contribution in [0.1, 0.15) is 61.0 Å². The first-order chi connectivity index (χ1) is 12.7. The molecule has 0 spiro atoms. The smallest absolute Gasteiger partial charge is 0.251 e. The molecule has 27 heavy (non-hydrogen) atoms. The van der Waals surface area contributed by atoms with Gasteiger partial charge in [0.1, 0.15) is 0 Å². The Bertz CT molecular complexity index is 633. The number of carbonyl (C=O) groups is 2. The number of aryl methyl sites for hydroxylation is 2. The van der Waals surface area contributed by atoms with Gasteiger partial charge in [0.2, 0.25) is 5.91 Å². The SMILES string of the molecule is Cc1cc(C)cc(C(=O)NC2CCC(NC(=O)C(C(C)C)N(C)C)CC2)c1. The van der Waals surface area contributed by atoms with Crippen LogP contribution >= 0.6 is 0 Å². The third kappa shape index (κ3) is 6.06. The number of hydrogen-bond donors (Lipinski definition) is 2. The van der Waals surface area contributed by atoms with Gasteiger partial charge in [-0.25, -0.2) is 0 Å². The number of likely N-dealkylation sites (N-methyl/N-ethyl adjacent to an activating group) is 1. The first kappa shape index (κ1) is 21.4. The van der Waals surface area contributed by atoms with E-state index >= 15 is 0 Å². The summed E-state index contributed by atoms with van der Waals surface area (Å²) in [4.78, 5) is 27.1. The van der Waals surface area contributed by atoms with Gasteiger partial charge in [0.05, 0.1) is 6.04 Å². The molecule has 1 unspecified atom stereocenters. The van der Waals surface area contributed by atoms with Gasteiger partial charge >= 0.3 is 0 Å². The minimum atomic E-state index is -0.105. The molecule has 0 aliphatic heterocycles. The minimum Gasteiger partial charge on any atom is -0.352 e. The highest BCUT2D eigenvalue weighted by Gasteiger charge is 2.29. The lowest BCUT2D eigenvalue weighted by atomic mass is 9.90. The van der Waals surface area contributed by atoms with E-state index < -0.39 is 0 Å². The Morgan fingerprint density at radius 3 is 1.85 bits per heavy atom. The van der Waals surface area contributed by atoms with Crippen molar-refractivity contribution in [2.75, 3.05) is 14.1 Å². The Balaban J connectivity index is 1.84. The summed E-state index contributed by atoms with van der Waals surface area (Å²) in [5, 5.41) is 6.37. The number of benzene rings is 1. The summed E-state index contributed by atoms with van der Waals surface area (Å²) < 4.78 is 0. The van der Waals surface area contributed by atoms with E-state index in [2.05, 4.69) is 30.5 Å². The summed E-state index contributed by atoms with van der Waals surface area (Å²) in [6.07, 6.45) is 3.61. The largest absolute Gasteiger partial charge is 0.352 e. The molecule has 1 aliphatic carbocycles. The Labute approximate surface area is 163 Å². The molecule has 0 saturated heterocycles. The van der Waals surface area contributed by atoms with Gasteiger partial charge in [-0.3, -0.25) is 14.5 Å². The minimum absolute atomic E-state index is 0.00163. The number of nitrogens with one attached hydrogen (secondary N) is 2. The van der Waals surface area contributed by atoms with Crippen molar-refractivity contribution in [2.45, 2.75) is 71.5 Å². The molecule has 2 N–H and O–H groups in total. The first-order valence-corrected chi connectivity index (χ1v) is 10.0. The predicted molar refractivity (Wildman–Crippen MR) is 110 cm³/mol. The number of amides is 2. The van der Waals surface area contributed by atoms with Gasteiger partial charge in [0.25, 0.3) is 5.91 Å². The van der Waals surface area contributed by atoms with Crippen LogP contribution in [-0.4, -0.2) is 48.9 Å². The maximum Gasteiger partial charge on any atom is 0.251 e. The molecular formula is C22H35N3O2. The second kappa shape index (κ2) is 9.36. The fourth-order valence-electron chi connectivity index (χ4n) is 4.18. The molecule has 2 amide bonds. The van der Waals surface area contributed by atoms with Crippen molar-refractivity contribution < 1.29 is 9.59 Å². The van der Waals surface area contributed by atoms with E-state index in [0.717, 1.165) is 42.4 Å². The zero-order valence-electron chi connectivity index (χ0n) is 17.6. The number of rotatable bonds is 6. The van der Waals surface area contributed by atoms with Gasteiger partial charge in [0.15, 0.2) is 0 Å². The first-order valence-electron chi connectivity index (χ1n) is 10.0. The van der Waals surface area contributed by atoms with Crippen LogP contribution < -0.4 is 10.6 Å². The summed E-state index contributed by atoms with van der Waals surface area (Å²) >= 11 is 0. The lowest BCUT2D eigenvalue weighted by molar-refractivity contribution is -0.127. The van der Waals surface area contributed by atoms with Gasteiger partial charge in [0, 0.05) is 17.6 Å². The molecule has 0 bridgehead atoms. The van der Waals surface area contributed by atoms with E-state index in [1.165, 1.54) is 0 Å². The van der Waals surface area contributed by atoms with E-state index in [-0.39, 0.29) is 35.9 Å². The summed E-state index contributed by atoms with van der Waals surface area (Å²) in [5.74, 6) is 0.382. The summed E-state index contributed by atoms with van der Waals surface area (Å²) in [5.41, 5.74) is 2.94. The van der Waals surface area contributed by atoms with Crippen LogP contribution in [0.25, 0.3) is 0 Å². The van der Waals surface area contributed by atoms with Crippen LogP contribution in [0.4, 0.5) is 0 Å². The molecule has 1 atom stereocenters. The lowest BCUT2D eigenvalue weighted by Gasteiger charge is -2.33. The maximum absolute atomic E-state index is 12.6. The molecule has 0 heterocycles. The molecule has 1 saturated carbocycles. The van der Waals surface area contributed by atoms with Crippen molar-refractivity contribution in [3.8, 4) is 0 Å². The molecule has 5 nitrogen and oxygen atoms in total. The molecule has 1 fully saturated rings. The van der Waals surface area contributed by atoms with E-state index in [1.807, 2.05) is 45.0 Å². The van der Waals surface area contributed by atoms with Crippen LogP contribution in [0.3, 0.4) is 0 Å². The van der Waals surface area contributed by atoms with Crippen molar-refractivity contribution in [2.24, 2.45) is 5.92 Å².